The minimum Gasteiger partial charge on any atom is -0.507 e. The van der Waals surface area contributed by atoms with Crippen molar-refractivity contribution in [1.82, 2.24) is 9.88 Å². The van der Waals surface area contributed by atoms with E-state index in [1.807, 2.05) is 6.92 Å². The summed E-state index contributed by atoms with van der Waals surface area (Å²) in [7, 11) is 0. The van der Waals surface area contributed by atoms with Crippen LogP contribution in [0.4, 0.5) is 0 Å². The van der Waals surface area contributed by atoms with E-state index in [2.05, 4.69) is 4.98 Å². The van der Waals surface area contributed by atoms with E-state index in [-0.39, 0.29) is 17.9 Å². The minimum absolute atomic E-state index is 0.0648. The number of ketones is 1. The number of benzene rings is 1. The van der Waals surface area contributed by atoms with Gasteiger partial charge in [-0.15, -0.1) is 0 Å². The summed E-state index contributed by atoms with van der Waals surface area (Å²) >= 11 is 6.16. The first-order valence-electron chi connectivity index (χ1n) is 10.1. The highest BCUT2D eigenvalue weighted by molar-refractivity contribution is 6.46. The van der Waals surface area contributed by atoms with Crippen LogP contribution in [-0.2, 0) is 16.1 Å². The largest absolute Gasteiger partial charge is 0.507 e. The zero-order valence-electron chi connectivity index (χ0n) is 17.5. The number of Topliss-reactive ketones (excluding diaryl/α,β-unsaturated/α-hetero) is 1. The first-order chi connectivity index (χ1) is 15.4. The van der Waals surface area contributed by atoms with Gasteiger partial charge in [-0.05, 0) is 56.3 Å². The van der Waals surface area contributed by atoms with Crippen LogP contribution in [0.3, 0.4) is 0 Å². The van der Waals surface area contributed by atoms with Gasteiger partial charge in [-0.25, -0.2) is 0 Å². The zero-order chi connectivity index (χ0) is 22.8. The van der Waals surface area contributed by atoms with Crippen molar-refractivity contribution in [3.8, 4) is 5.75 Å². The van der Waals surface area contributed by atoms with Crippen molar-refractivity contribution in [3.05, 3.63) is 88.1 Å². The Morgan fingerprint density at radius 2 is 2.03 bits per heavy atom. The van der Waals surface area contributed by atoms with E-state index < -0.39 is 17.7 Å². The predicted octanol–water partition coefficient (Wildman–Crippen LogP) is 4.66. The van der Waals surface area contributed by atoms with Crippen LogP contribution in [0.15, 0.2) is 64.7 Å². The number of aromatic nitrogens is 1. The number of likely N-dealkylation sites (tertiary alicyclic amines) is 1. The Kier molecular flexibility index (Phi) is 6.01. The molecule has 1 fully saturated rings. The number of aliphatic hydroxyl groups is 1. The Hall–Kier alpha value is -3.58. The second-order valence-corrected chi connectivity index (χ2v) is 7.68. The standard InChI is InChI=1S/C24H21ClN2O5/c1-3-31-19-12-15(8-9-17(19)25)22(28)20-21(18-10-7-14(2)32-18)27(24(30)23(20)29)13-16-6-4-5-11-26-16/h4-12,21,28H,3,13H2,1-2H3/b22-20-. The van der Waals surface area contributed by atoms with Gasteiger partial charge in [-0.3, -0.25) is 14.6 Å². The molecule has 32 heavy (non-hydrogen) atoms. The Labute approximate surface area is 189 Å². The molecule has 1 aliphatic heterocycles. The third-order valence-electron chi connectivity index (χ3n) is 5.13. The number of rotatable bonds is 6. The summed E-state index contributed by atoms with van der Waals surface area (Å²) in [4.78, 5) is 31.7. The highest BCUT2D eigenvalue weighted by Gasteiger charge is 2.47. The lowest BCUT2D eigenvalue weighted by atomic mass is 9.99. The van der Waals surface area contributed by atoms with Crippen molar-refractivity contribution in [2.75, 3.05) is 6.61 Å². The molecule has 1 saturated heterocycles. The number of halogens is 1. The molecule has 0 aliphatic carbocycles. The molecule has 3 aromatic rings. The van der Waals surface area contributed by atoms with Gasteiger partial charge in [0.1, 0.15) is 29.1 Å². The molecule has 164 valence electrons. The fourth-order valence-electron chi connectivity index (χ4n) is 3.68. The average Bonchev–Trinajstić information content (AvgIpc) is 3.32. The molecule has 1 amide bonds. The summed E-state index contributed by atoms with van der Waals surface area (Å²) in [6.45, 7) is 4.04. The van der Waals surface area contributed by atoms with Gasteiger partial charge >= 0.3 is 0 Å². The summed E-state index contributed by atoms with van der Waals surface area (Å²) in [6, 6.07) is 12.5. The zero-order valence-corrected chi connectivity index (χ0v) is 18.3. The molecule has 0 bridgehead atoms. The molecular formula is C24H21ClN2O5. The van der Waals surface area contributed by atoms with Gasteiger partial charge in [0.25, 0.3) is 11.7 Å². The number of carbonyl (C=O) groups excluding carboxylic acids is 2. The molecule has 0 saturated carbocycles. The van der Waals surface area contributed by atoms with Crippen molar-refractivity contribution in [1.29, 1.82) is 0 Å². The van der Waals surface area contributed by atoms with E-state index in [4.69, 9.17) is 20.8 Å². The van der Waals surface area contributed by atoms with Gasteiger partial charge in [0.15, 0.2) is 0 Å². The Balaban J connectivity index is 1.84. The van der Waals surface area contributed by atoms with Gasteiger partial charge in [-0.1, -0.05) is 17.7 Å². The maximum atomic E-state index is 13.1. The average molecular weight is 453 g/mol. The van der Waals surface area contributed by atoms with Gasteiger partial charge in [0.05, 0.1) is 29.4 Å². The molecule has 1 aromatic carbocycles. The van der Waals surface area contributed by atoms with Crippen molar-refractivity contribution >= 4 is 29.1 Å². The lowest BCUT2D eigenvalue weighted by Crippen LogP contribution is -2.29. The fourth-order valence-corrected chi connectivity index (χ4v) is 3.85. The molecule has 0 spiro atoms. The smallest absolute Gasteiger partial charge is 0.296 e. The van der Waals surface area contributed by atoms with E-state index in [0.29, 0.717) is 40.2 Å². The number of aliphatic hydroxyl groups excluding tert-OH is 1. The van der Waals surface area contributed by atoms with Crippen molar-refractivity contribution in [2.45, 2.75) is 26.4 Å². The Morgan fingerprint density at radius 3 is 2.69 bits per heavy atom. The summed E-state index contributed by atoms with van der Waals surface area (Å²) in [5, 5.41) is 11.5. The first kappa shape index (κ1) is 21.6. The lowest BCUT2D eigenvalue weighted by Gasteiger charge is -2.23. The van der Waals surface area contributed by atoms with Gasteiger partial charge < -0.3 is 19.2 Å². The number of amides is 1. The molecule has 1 N–H and O–H groups in total. The normalized spacial score (nSPS) is 17.7. The summed E-state index contributed by atoms with van der Waals surface area (Å²) in [5.74, 6) is -0.512. The van der Waals surface area contributed by atoms with E-state index in [1.54, 1.807) is 55.6 Å². The van der Waals surface area contributed by atoms with Crippen LogP contribution in [-0.4, -0.2) is 33.3 Å². The number of pyridine rings is 1. The van der Waals surface area contributed by atoms with Gasteiger partial charge in [0, 0.05) is 11.8 Å². The van der Waals surface area contributed by atoms with Crippen LogP contribution in [0.1, 0.15) is 35.7 Å². The summed E-state index contributed by atoms with van der Waals surface area (Å²) in [6.07, 6.45) is 1.61. The first-order valence-corrected chi connectivity index (χ1v) is 10.5. The third kappa shape index (κ3) is 3.99. The van der Waals surface area contributed by atoms with E-state index in [1.165, 1.54) is 11.0 Å². The van der Waals surface area contributed by atoms with Crippen molar-refractivity contribution < 1.29 is 23.8 Å². The van der Waals surface area contributed by atoms with Crippen molar-refractivity contribution in [3.63, 3.8) is 0 Å². The second-order valence-electron chi connectivity index (χ2n) is 7.27. The number of carbonyl (C=O) groups is 2. The Morgan fingerprint density at radius 1 is 1.22 bits per heavy atom. The number of hydrogen-bond acceptors (Lipinski definition) is 6. The SMILES string of the molecule is CCOc1cc(/C(O)=C2/C(=O)C(=O)N(Cc3ccccn3)C2c2ccc(C)o2)ccc1Cl. The van der Waals surface area contributed by atoms with Crippen molar-refractivity contribution in [2.24, 2.45) is 0 Å². The van der Waals surface area contributed by atoms with Crippen LogP contribution in [0.2, 0.25) is 5.02 Å². The summed E-state index contributed by atoms with van der Waals surface area (Å²) in [5.41, 5.74) is 0.847. The molecule has 1 unspecified atom stereocenters. The second kappa shape index (κ2) is 8.88. The van der Waals surface area contributed by atoms with E-state index in [0.717, 1.165) is 0 Å². The monoisotopic (exact) mass is 452 g/mol. The topological polar surface area (TPSA) is 92.9 Å². The molecular weight excluding hydrogens is 432 g/mol. The van der Waals surface area contributed by atoms with Crippen LogP contribution < -0.4 is 4.74 Å². The maximum Gasteiger partial charge on any atom is 0.296 e. The molecule has 7 nitrogen and oxygen atoms in total. The molecule has 1 aliphatic rings. The highest BCUT2D eigenvalue weighted by Crippen LogP contribution is 2.41. The van der Waals surface area contributed by atoms with Crippen LogP contribution in [0, 0.1) is 6.92 Å². The van der Waals surface area contributed by atoms with Crippen LogP contribution in [0.25, 0.3) is 5.76 Å². The lowest BCUT2D eigenvalue weighted by molar-refractivity contribution is -0.140. The number of hydrogen-bond donors (Lipinski definition) is 1. The predicted molar refractivity (Wildman–Crippen MR) is 118 cm³/mol. The fraction of sp³-hybridized carbons (Fsp3) is 0.208. The summed E-state index contributed by atoms with van der Waals surface area (Å²) < 4.78 is 11.3. The van der Waals surface area contributed by atoms with E-state index >= 15 is 0 Å². The minimum atomic E-state index is -0.906. The van der Waals surface area contributed by atoms with Crippen LogP contribution in [0.5, 0.6) is 5.75 Å². The van der Waals surface area contributed by atoms with Gasteiger partial charge in [0.2, 0.25) is 0 Å². The molecule has 4 rings (SSSR count). The Bertz CT molecular complexity index is 1200. The van der Waals surface area contributed by atoms with E-state index in [9.17, 15) is 14.7 Å². The molecule has 3 heterocycles. The molecule has 0 radical (unpaired) electrons. The molecule has 1 atom stereocenters. The number of furan rings is 1. The number of ether oxygens (including phenoxy) is 1. The number of aryl methyl sites for hydroxylation is 1. The molecule has 2 aromatic heterocycles. The maximum absolute atomic E-state index is 13.1. The van der Waals surface area contributed by atoms with Crippen LogP contribution >= 0.6 is 11.6 Å². The highest BCUT2D eigenvalue weighted by atomic mass is 35.5. The number of nitrogens with zero attached hydrogens (tertiary/aromatic N) is 2. The third-order valence-corrected chi connectivity index (χ3v) is 5.45. The quantitative estimate of drug-likeness (QED) is 0.332. The molecule has 8 heteroatoms. The van der Waals surface area contributed by atoms with Gasteiger partial charge in [-0.2, -0.15) is 0 Å².